The van der Waals surface area contributed by atoms with Gasteiger partial charge in [0.05, 0.1) is 23.1 Å². The fourth-order valence-corrected chi connectivity index (χ4v) is 3.28. The lowest BCUT2D eigenvalue weighted by molar-refractivity contribution is 0.475. The molecule has 1 aromatic carbocycles. The Bertz CT molecular complexity index is 677. The molecule has 2 aromatic rings. The fourth-order valence-electron chi connectivity index (χ4n) is 1.89. The molecule has 1 unspecified atom stereocenters. The number of nitrogens with one attached hydrogen (secondary N) is 1. The second kappa shape index (κ2) is 5.93. The molecule has 1 atom stereocenters. The van der Waals surface area contributed by atoms with E-state index in [0.29, 0.717) is 6.54 Å². The van der Waals surface area contributed by atoms with E-state index in [2.05, 4.69) is 9.71 Å². The van der Waals surface area contributed by atoms with Gasteiger partial charge in [-0.15, -0.1) is 0 Å². The zero-order valence-electron chi connectivity index (χ0n) is 12.1. The van der Waals surface area contributed by atoms with Crippen molar-refractivity contribution in [2.45, 2.75) is 33.4 Å². The molecule has 20 heavy (non-hydrogen) atoms. The van der Waals surface area contributed by atoms with Gasteiger partial charge < -0.3 is 4.57 Å². The normalized spacial score (nSPS) is 14.0. The fraction of sp³-hybridized carbons (Fsp3) is 0.500. The highest BCUT2D eigenvalue weighted by atomic mass is 32.2. The summed E-state index contributed by atoms with van der Waals surface area (Å²) in [5.74, 6) is 0.337. The molecule has 0 bridgehead atoms. The molecule has 0 aliphatic heterocycles. The lowest BCUT2D eigenvalue weighted by Crippen LogP contribution is -2.38. The van der Waals surface area contributed by atoms with Gasteiger partial charge in [0.15, 0.2) is 0 Å². The van der Waals surface area contributed by atoms with E-state index in [4.69, 9.17) is 0 Å². The van der Waals surface area contributed by atoms with Gasteiger partial charge in [0, 0.05) is 12.6 Å². The number of sulfonamides is 1. The number of benzene rings is 1. The predicted octanol–water partition coefficient (Wildman–Crippen LogP) is 2.00. The summed E-state index contributed by atoms with van der Waals surface area (Å²) in [6.45, 7) is 6.28. The van der Waals surface area contributed by atoms with Crippen molar-refractivity contribution in [3.05, 3.63) is 30.6 Å². The lowest BCUT2D eigenvalue weighted by Gasteiger charge is -2.17. The molecule has 5 nitrogen and oxygen atoms in total. The van der Waals surface area contributed by atoms with Crippen LogP contribution in [0.3, 0.4) is 0 Å². The van der Waals surface area contributed by atoms with Crippen LogP contribution in [0.1, 0.15) is 20.8 Å². The number of aryl methyl sites for hydroxylation is 1. The third-order valence-corrected chi connectivity index (χ3v) is 4.94. The van der Waals surface area contributed by atoms with Crippen LogP contribution < -0.4 is 4.72 Å². The van der Waals surface area contributed by atoms with Gasteiger partial charge in [0.25, 0.3) is 0 Å². The van der Waals surface area contributed by atoms with Gasteiger partial charge in [-0.3, -0.25) is 0 Å². The quantitative estimate of drug-likeness (QED) is 0.886. The number of rotatable bonds is 6. The summed E-state index contributed by atoms with van der Waals surface area (Å²) in [5, 5.41) is 0. The van der Waals surface area contributed by atoms with Crippen molar-refractivity contribution in [1.82, 2.24) is 14.3 Å². The summed E-state index contributed by atoms with van der Waals surface area (Å²) < 4.78 is 28.6. The molecule has 2 rings (SSSR count). The van der Waals surface area contributed by atoms with Crippen LogP contribution in [0.5, 0.6) is 0 Å². The monoisotopic (exact) mass is 295 g/mol. The van der Waals surface area contributed by atoms with E-state index in [1.165, 1.54) is 0 Å². The van der Waals surface area contributed by atoms with Gasteiger partial charge in [0.2, 0.25) is 10.0 Å². The minimum absolute atomic E-state index is 0.0560. The summed E-state index contributed by atoms with van der Waals surface area (Å²) in [5.41, 5.74) is 1.84. The Labute approximate surface area is 120 Å². The molecular weight excluding hydrogens is 274 g/mol. The molecule has 6 heteroatoms. The molecule has 0 saturated carbocycles. The van der Waals surface area contributed by atoms with Crippen LogP contribution in [0.15, 0.2) is 30.6 Å². The van der Waals surface area contributed by atoms with Gasteiger partial charge >= 0.3 is 0 Å². The van der Waals surface area contributed by atoms with Crippen molar-refractivity contribution in [3.63, 3.8) is 0 Å². The number of fused-ring (bicyclic) bond motifs is 1. The topological polar surface area (TPSA) is 64.0 Å². The SMILES string of the molecule is CC(C)C(C)NS(=O)(=O)CCn1cnc2ccccc21. The number of hydrogen-bond acceptors (Lipinski definition) is 3. The largest absolute Gasteiger partial charge is 0.330 e. The highest BCUT2D eigenvalue weighted by Crippen LogP contribution is 2.12. The van der Waals surface area contributed by atoms with Crippen LogP contribution in [-0.2, 0) is 16.6 Å². The smallest absolute Gasteiger partial charge is 0.213 e. The van der Waals surface area contributed by atoms with Gasteiger partial charge in [-0.25, -0.2) is 18.1 Å². The van der Waals surface area contributed by atoms with E-state index >= 15 is 0 Å². The molecule has 0 aliphatic rings. The molecule has 0 saturated heterocycles. The minimum Gasteiger partial charge on any atom is -0.330 e. The summed E-state index contributed by atoms with van der Waals surface area (Å²) in [6, 6.07) is 7.65. The zero-order valence-corrected chi connectivity index (χ0v) is 12.9. The summed E-state index contributed by atoms with van der Waals surface area (Å²) in [4.78, 5) is 4.26. The van der Waals surface area contributed by atoms with Crippen LogP contribution >= 0.6 is 0 Å². The van der Waals surface area contributed by atoms with Gasteiger partial charge in [0.1, 0.15) is 0 Å². The Morgan fingerprint density at radius 2 is 1.95 bits per heavy atom. The van der Waals surface area contributed by atoms with Gasteiger partial charge in [-0.1, -0.05) is 26.0 Å². The Kier molecular flexibility index (Phi) is 4.45. The van der Waals surface area contributed by atoms with E-state index in [1.807, 2.05) is 49.6 Å². The molecule has 0 spiro atoms. The Balaban J connectivity index is 2.05. The molecule has 0 fully saturated rings. The maximum absolute atomic E-state index is 12.0. The standard InChI is InChI=1S/C14H21N3O2S/c1-11(2)12(3)16-20(18,19)9-8-17-10-15-13-6-4-5-7-14(13)17/h4-7,10-12,16H,8-9H2,1-3H3. The Morgan fingerprint density at radius 1 is 1.25 bits per heavy atom. The molecule has 1 heterocycles. The van der Waals surface area contributed by atoms with E-state index in [9.17, 15) is 8.42 Å². The van der Waals surface area contributed by atoms with E-state index in [1.54, 1.807) is 6.33 Å². The minimum atomic E-state index is -3.27. The first-order chi connectivity index (χ1) is 9.39. The second-order valence-corrected chi connectivity index (χ2v) is 7.27. The number of imidazole rings is 1. The first-order valence-electron chi connectivity index (χ1n) is 6.79. The molecular formula is C14H21N3O2S. The Morgan fingerprint density at radius 3 is 2.65 bits per heavy atom. The number of nitrogens with zero attached hydrogens (tertiary/aromatic N) is 2. The summed E-state index contributed by atoms with van der Waals surface area (Å²) >= 11 is 0. The first-order valence-corrected chi connectivity index (χ1v) is 8.44. The molecule has 1 N–H and O–H groups in total. The van der Waals surface area contributed by atoms with Crippen molar-refractivity contribution in [2.24, 2.45) is 5.92 Å². The van der Waals surface area contributed by atoms with Crippen LogP contribution in [0.25, 0.3) is 11.0 Å². The molecule has 1 aromatic heterocycles. The predicted molar refractivity (Wildman–Crippen MR) is 81.0 cm³/mol. The highest BCUT2D eigenvalue weighted by Gasteiger charge is 2.17. The van der Waals surface area contributed by atoms with E-state index in [0.717, 1.165) is 11.0 Å². The van der Waals surface area contributed by atoms with Crippen molar-refractivity contribution in [3.8, 4) is 0 Å². The van der Waals surface area contributed by atoms with E-state index < -0.39 is 10.0 Å². The average molecular weight is 295 g/mol. The molecule has 0 aliphatic carbocycles. The molecule has 0 radical (unpaired) electrons. The number of hydrogen-bond donors (Lipinski definition) is 1. The van der Waals surface area contributed by atoms with Crippen molar-refractivity contribution in [1.29, 1.82) is 0 Å². The zero-order chi connectivity index (χ0) is 14.8. The van der Waals surface area contributed by atoms with Gasteiger partial charge in [-0.05, 0) is 25.0 Å². The van der Waals surface area contributed by atoms with Crippen LogP contribution in [-0.4, -0.2) is 29.8 Å². The van der Waals surface area contributed by atoms with Crippen LogP contribution in [0.2, 0.25) is 0 Å². The van der Waals surface area contributed by atoms with E-state index in [-0.39, 0.29) is 17.7 Å². The number of aromatic nitrogens is 2. The van der Waals surface area contributed by atoms with Crippen LogP contribution in [0.4, 0.5) is 0 Å². The molecule has 0 amide bonds. The molecule has 110 valence electrons. The first kappa shape index (κ1) is 15.0. The van der Waals surface area contributed by atoms with Crippen molar-refractivity contribution >= 4 is 21.1 Å². The third-order valence-electron chi connectivity index (χ3n) is 3.49. The lowest BCUT2D eigenvalue weighted by atomic mass is 10.1. The summed E-state index contributed by atoms with van der Waals surface area (Å²) in [7, 11) is -3.27. The maximum Gasteiger partial charge on any atom is 0.213 e. The van der Waals surface area contributed by atoms with Gasteiger partial charge in [-0.2, -0.15) is 0 Å². The van der Waals surface area contributed by atoms with Crippen molar-refractivity contribution in [2.75, 3.05) is 5.75 Å². The van der Waals surface area contributed by atoms with Crippen LogP contribution in [0, 0.1) is 5.92 Å². The average Bonchev–Trinajstić information content (AvgIpc) is 2.79. The number of para-hydroxylation sites is 2. The Hall–Kier alpha value is -1.40. The highest BCUT2D eigenvalue weighted by molar-refractivity contribution is 7.89. The van der Waals surface area contributed by atoms with Crippen molar-refractivity contribution < 1.29 is 8.42 Å². The summed E-state index contributed by atoms with van der Waals surface area (Å²) in [6.07, 6.45) is 1.69. The second-order valence-electron chi connectivity index (χ2n) is 5.40. The maximum atomic E-state index is 12.0. The third kappa shape index (κ3) is 3.58.